The van der Waals surface area contributed by atoms with Gasteiger partial charge in [-0.3, -0.25) is 14.9 Å². The zero-order valence-corrected chi connectivity index (χ0v) is 15.7. The second-order valence-corrected chi connectivity index (χ2v) is 6.50. The molecule has 0 radical (unpaired) electrons. The average Bonchev–Trinajstić information content (AvgIpc) is 2.73. The van der Waals surface area contributed by atoms with Crippen molar-refractivity contribution >= 4 is 23.3 Å². The molecule has 28 heavy (non-hydrogen) atoms. The normalized spacial score (nSPS) is 14.5. The standard InChI is InChI=1S/C19H23N5O4/c1-2-28-19(25)15-8-10-23(11-9-15)18-16(24(26)27)17(21-13-22-18)20-12-14-6-4-3-5-7-14/h3-7,13,15H,2,8-12H2,1H3,(H,20,21,22). The number of rotatable bonds is 7. The van der Waals surface area contributed by atoms with Crippen LogP contribution in [0, 0.1) is 16.0 Å². The van der Waals surface area contributed by atoms with Gasteiger partial charge in [-0.25, -0.2) is 9.97 Å². The molecular formula is C19H23N5O4. The molecule has 0 unspecified atom stereocenters. The quantitative estimate of drug-likeness (QED) is 0.440. The number of anilines is 2. The van der Waals surface area contributed by atoms with Crippen LogP contribution in [0.3, 0.4) is 0 Å². The fourth-order valence-electron chi connectivity index (χ4n) is 3.27. The first-order chi connectivity index (χ1) is 13.6. The highest BCUT2D eigenvalue weighted by Crippen LogP contribution is 2.34. The fourth-order valence-corrected chi connectivity index (χ4v) is 3.27. The molecule has 0 atom stereocenters. The minimum Gasteiger partial charge on any atom is -0.466 e. The summed E-state index contributed by atoms with van der Waals surface area (Å²) >= 11 is 0. The Kier molecular flexibility index (Phi) is 6.36. The molecule has 0 bridgehead atoms. The second kappa shape index (κ2) is 9.12. The van der Waals surface area contributed by atoms with Gasteiger partial charge < -0.3 is 15.0 Å². The molecule has 1 saturated heterocycles. The van der Waals surface area contributed by atoms with Crippen LogP contribution in [-0.4, -0.2) is 40.6 Å². The molecular weight excluding hydrogens is 362 g/mol. The molecule has 0 amide bonds. The van der Waals surface area contributed by atoms with E-state index in [2.05, 4.69) is 15.3 Å². The van der Waals surface area contributed by atoms with Gasteiger partial charge in [0.15, 0.2) is 0 Å². The summed E-state index contributed by atoms with van der Waals surface area (Å²) in [5.74, 6) is 0.0848. The van der Waals surface area contributed by atoms with E-state index in [1.807, 2.05) is 35.2 Å². The number of carbonyl (C=O) groups excluding carboxylic acids is 1. The molecule has 1 aliphatic rings. The van der Waals surface area contributed by atoms with Crippen molar-refractivity contribution in [2.24, 2.45) is 5.92 Å². The van der Waals surface area contributed by atoms with Crippen molar-refractivity contribution in [3.05, 3.63) is 52.3 Å². The molecule has 1 aliphatic heterocycles. The molecule has 1 aromatic carbocycles. The molecule has 1 fully saturated rings. The summed E-state index contributed by atoms with van der Waals surface area (Å²) in [7, 11) is 0. The van der Waals surface area contributed by atoms with E-state index < -0.39 is 4.92 Å². The van der Waals surface area contributed by atoms with E-state index in [9.17, 15) is 14.9 Å². The number of nitro groups is 1. The van der Waals surface area contributed by atoms with Gasteiger partial charge in [0.25, 0.3) is 0 Å². The zero-order valence-electron chi connectivity index (χ0n) is 15.7. The third kappa shape index (κ3) is 4.54. The summed E-state index contributed by atoms with van der Waals surface area (Å²) in [6.45, 7) is 3.55. The number of aromatic nitrogens is 2. The number of esters is 1. The highest BCUT2D eigenvalue weighted by Gasteiger charge is 2.32. The Labute approximate surface area is 162 Å². The van der Waals surface area contributed by atoms with Crippen molar-refractivity contribution < 1.29 is 14.5 Å². The predicted molar refractivity (Wildman–Crippen MR) is 104 cm³/mol. The lowest BCUT2D eigenvalue weighted by Gasteiger charge is -2.31. The fraction of sp³-hybridized carbons (Fsp3) is 0.421. The summed E-state index contributed by atoms with van der Waals surface area (Å²) in [4.78, 5) is 33.3. The Morgan fingerprint density at radius 3 is 2.64 bits per heavy atom. The Bertz CT molecular complexity index is 822. The summed E-state index contributed by atoms with van der Waals surface area (Å²) < 4.78 is 5.08. The summed E-state index contributed by atoms with van der Waals surface area (Å²) in [5.41, 5.74) is 0.847. The van der Waals surface area contributed by atoms with Gasteiger partial charge in [0.1, 0.15) is 6.33 Å². The van der Waals surface area contributed by atoms with E-state index in [1.54, 1.807) is 6.92 Å². The largest absolute Gasteiger partial charge is 0.466 e. The number of carbonyl (C=O) groups is 1. The summed E-state index contributed by atoms with van der Waals surface area (Å²) in [6.07, 6.45) is 2.48. The molecule has 1 aromatic heterocycles. The Morgan fingerprint density at radius 1 is 1.29 bits per heavy atom. The van der Waals surface area contributed by atoms with Crippen molar-refractivity contribution in [2.75, 3.05) is 29.9 Å². The van der Waals surface area contributed by atoms with E-state index in [4.69, 9.17) is 4.74 Å². The number of piperidine rings is 1. The molecule has 9 heteroatoms. The van der Waals surface area contributed by atoms with Gasteiger partial charge in [-0.2, -0.15) is 0 Å². The second-order valence-electron chi connectivity index (χ2n) is 6.50. The van der Waals surface area contributed by atoms with Crippen molar-refractivity contribution in [1.29, 1.82) is 0 Å². The van der Waals surface area contributed by atoms with Crippen LogP contribution >= 0.6 is 0 Å². The van der Waals surface area contributed by atoms with Crippen LogP contribution in [0.2, 0.25) is 0 Å². The third-order valence-electron chi connectivity index (χ3n) is 4.70. The monoisotopic (exact) mass is 385 g/mol. The van der Waals surface area contributed by atoms with Crippen LogP contribution in [0.1, 0.15) is 25.3 Å². The Morgan fingerprint density at radius 2 is 2.00 bits per heavy atom. The van der Waals surface area contributed by atoms with Crippen molar-refractivity contribution in [1.82, 2.24) is 9.97 Å². The van der Waals surface area contributed by atoms with Crippen LogP contribution in [0.5, 0.6) is 0 Å². The number of nitrogens with one attached hydrogen (secondary N) is 1. The van der Waals surface area contributed by atoms with Gasteiger partial charge >= 0.3 is 11.7 Å². The molecule has 2 heterocycles. The van der Waals surface area contributed by atoms with E-state index in [-0.39, 0.29) is 29.2 Å². The van der Waals surface area contributed by atoms with Crippen LogP contribution in [0.25, 0.3) is 0 Å². The number of hydrogen-bond acceptors (Lipinski definition) is 8. The SMILES string of the molecule is CCOC(=O)C1CCN(c2ncnc(NCc3ccccc3)c2[N+](=O)[O-])CC1. The molecule has 0 saturated carbocycles. The molecule has 2 aromatic rings. The van der Waals surface area contributed by atoms with Crippen LogP contribution in [0.15, 0.2) is 36.7 Å². The summed E-state index contributed by atoms with van der Waals surface area (Å²) in [6, 6.07) is 9.59. The van der Waals surface area contributed by atoms with E-state index >= 15 is 0 Å². The highest BCUT2D eigenvalue weighted by molar-refractivity contribution is 5.74. The van der Waals surface area contributed by atoms with Crippen molar-refractivity contribution in [3.63, 3.8) is 0 Å². The van der Waals surface area contributed by atoms with Gasteiger partial charge in [-0.05, 0) is 25.3 Å². The van der Waals surface area contributed by atoms with E-state index in [0.29, 0.717) is 39.1 Å². The molecule has 0 aliphatic carbocycles. The number of hydrogen-bond donors (Lipinski definition) is 1. The van der Waals surface area contributed by atoms with Gasteiger partial charge in [-0.1, -0.05) is 30.3 Å². The maximum Gasteiger partial charge on any atom is 0.353 e. The smallest absolute Gasteiger partial charge is 0.353 e. The minimum absolute atomic E-state index is 0.145. The van der Waals surface area contributed by atoms with Gasteiger partial charge in [0.2, 0.25) is 11.6 Å². The topological polar surface area (TPSA) is 110 Å². The van der Waals surface area contributed by atoms with Gasteiger partial charge in [0.05, 0.1) is 17.4 Å². The predicted octanol–water partition coefficient (Wildman–Crippen LogP) is 2.78. The van der Waals surface area contributed by atoms with Crippen molar-refractivity contribution in [2.45, 2.75) is 26.3 Å². The lowest BCUT2D eigenvalue weighted by Crippen LogP contribution is -2.37. The molecule has 3 rings (SSSR count). The van der Waals surface area contributed by atoms with Gasteiger partial charge in [0, 0.05) is 19.6 Å². The molecule has 9 nitrogen and oxygen atoms in total. The molecule has 0 spiro atoms. The van der Waals surface area contributed by atoms with Crippen molar-refractivity contribution in [3.8, 4) is 0 Å². The third-order valence-corrected chi connectivity index (χ3v) is 4.70. The Hall–Kier alpha value is -3.23. The zero-order chi connectivity index (χ0) is 19.9. The van der Waals surface area contributed by atoms with Crippen LogP contribution < -0.4 is 10.2 Å². The molecule has 1 N–H and O–H groups in total. The minimum atomic E-state index is -0.458. The first kappa shape index (κ1) is 19.5. The maximum absolute atomic E-state index is 11.9. The van der Waals surface area contributed by atoms with Crippen LogP contribution in [0.4, 0.5) is 17.3 Å². The first-order valence-electron chi connectivity index (χ1n) is 9.29. The lowest BCUT2D eigenvalue weighted by molar-refractivity contribution is -0.383. The summed E-state index contributed by atoms with van der Waals surface area (Å²) in [5, 5.41) is 14.8. The maximum atomic E-state index is 11.9. The number of benzene rings is 1. The number of nitrogens with zero attached hydrogens (tertiary/aromatic N) is 4. The first-order valence-corrected chi connectivity index (χ1v) is 9.29. The number of ether oxygens (including phenoxy) is 1. The van der Waals surface area contributed by atoms with E-state index in [1.165, 1.54) is 6.33 Å². The molecule has 148 valence electrons. The van der Waals surface area contributed by atoms with Crippen LogP contribution in [-0.2, 0) is 16.1 Å². The van der Waals surface area contributed by atoms with Gasteiger partial charge in [-0.15, -0.1) is 0 Å². The van der Waals surface area contributed by atoms with E-state index in [0.717, 1.165) is 5.56 Å². The Balaban J connectivity index is 1.75. The highest BCUT2D eigenvalue weighted by atomic mass is 16.6. The lowest BCUT2D eigenvalue weighted by atomic mass is 9.97. The average molecular weight is 385 g/mol.